The molecule has 0 bridgehead atoms. The molecule has 0 spiro atoms. The number of rotatable bonds is 5. The third-order valence-electron chi connectivity index (χ3n) is 5.44. The van der Waals surface area contributed by atoms with Crippen molar-refractivity contribution in [1.29, 1.82) is 0 Å². The number of benzene rings is 2. The molecule has 1 unspecified atom stereocenters. The van der Waals surface area contributed by atoms with Crippen molar-refractivity contribution in [3.8, 4) is 11.3 Å². The maximum Gasteiger partial charge on any atom is 0.337 e. The third-order valence-corrected chi connectivity index (χ3v) is 5.67. The number of carbonyl (C=O) groups is 1. The highest BCUT2D eigenvalue weighted by Crippen LogP contribution is 2.33. The molecule has 0 aliphatic carbocycles. The lowest BCUT2D eigenvalue weighted by Crippen LogP contribution is -2.14. The highest BCUT2D eigenvalue weighted by molar-refractivity contribution is 6.31. The summed E-state index contributed by atoms with van der Waals surface area (Å²) in [7, 11) is 0. The Morgan fingerprint density at radius 3 is 2.67 bits per heavy atom. The van der Waals surface area contributed by atoms with E-state index in [2.05, 4.69) is 17.4 Å². The number of carboxylic acid groups (broad SMARTS) is 1. The van der Waals surface area contributed by atoms with Crippen molar-refractivity contribution in [3.05, 3.63) is 97.9 Å². The molecule has 0 amide bonds. The summed E-state index contributed by atoms with van der Waals surface area (Å²) in [5, 5.41) is 13.4. The third kappa shape index (κ3) is 4.15. The molecule has 33 heavy (non-hydrogen) atoms. The second-order valence-electron chi connectivity index (χ2n) is 7.81. The standard InChI is InChI=1S/C26H19ClFNO4/c1-13-10-18(15(3)29-22-9-8-16(27)12-19(22)26(31)32)25-20(11-13)23(30)14(2)24(33-25)17-6-4-5-7-21(17)28/h4,6,8-12,15,29H,1-3H3,(H,31,32). The first-order valence-corrected chi connectivity index (χ1v) is 10.5. The lowest BCUT2D eigenvalue weighted by Gasteiger charge is -2.20. The van der Waals surface area contributed by atoms with Crippen LogP contribution in [0.3, 0.4) is 0 Å². The van der Waals surface area contributed by atoms with E-state index in [1.807, 2.05) is 19.9 Å². The molecule has 4 aromatic rings. The van der Waals surface area contributed by atoms with Crippen LogP contribution >= 0.6 is 11.6 Å². The van der Waals surface area contributed by atoms with E-state index in [0.29, 0.717) is 27.2 Å². The molecule has 4 rings (SSSR count). The number of aromatic carboxylic acids is 1. The smallest absolute Gasteiger partial charge is 0.337 e. The Bertz CT molecular complexity index is 1460. The molecule has 2 N–H and O–H groups in total. The fourth-order valence-electron chi connectivity index (χ4n) is 3.82. The minimum Gasteiger partial charge on any atom is -0.478 e. The first kappa shape index (κ1) is 22.4. The molecule has 5 nitrogen and oxygen atoms in total. The summed E-state index contributed by atoms with van der Waals surface area (Å²) in [6.45, 7) is 5.26. The van der Waals surface area contributed by atoms with Gasteiger partial charge in [0.1, 0.15) is 11.3 Å². The Balaban J connectivity index is 1.90. The fourth-order valence-corrected chi connectivity index (χ4v) is 3.99. The van der Waals surface area contributed by atoms with E-state index in [9.17, 15) is 19.1 Å². The molecule has 1 atom stereocenters. The maximum atomic E-state index is 14.4. The van der Waals surface area contributed by atoms with Gasteiger partial charge in [0.15, 0.2) is 11.2 Å². The Kier molecular flexibility index (Phi) is 5.84. The molecule has 1 heterocycles. The molecule has 0 aliphatic heterocycles. The van der Waals surface area contributed by atoms with E-state index in [1.54, 1.807) is 25.1 Å². The van der Waals surface area contributed by atoms with Gasteiger partial charge in [-0.05, 0) is 68.8 Å². The van der Waals surface area contributed by atoms with Crippen LogP contribution in [0.25, 0.3) is 22.3 Å². The van der Waals surface area contributed by atoms with Crippen LogP contribution in [0.15, 0.2) is 51.7 Å². The van der Waals surface area contributed by atoms with E-state index in [4.69, 9.17) is 16.0 Å². The summed E-state index contributed by atoms with van der Waals surface area (Å²) in [5.74, 6) is -1.68. The van der Waals surface area contributed by atoms with Gasteiger partial charge in [-0.1, -0.05) is 23.7 Å². The summed E-state index contributed by atoms with van der Waals surface area (Å²) in [6.07, 6.45) is 0. The predicted octanol–water partition coefficient (Wildman–Crippen LogP) is 6.34. The number of fused-ring (bicyclic) bond motifs is 1. The molecular weight excluding hydrogens is 445 g/mol. The van der Waals surface area contributed by atoms with Crippen molar-refractivity contribution in [2.45, 2.75) is 26.8 Å². The average Bonchev–Trinajstić information content (AvgIpc) is 2.77. The second kappa shape index (κ2) is 8.61. The van der Waals surface area contributed by atoms with Gasteiger partial charge in [0.2, 0.25) is 0 Å². The van der Waals surface area contributed by atoms with E-state index in [1.165, 1.54) is 18.2 Å². The quantitative estimate of drug-likeness (QED) is 0.361. The monoisotopic (exact) mass is 463 g/mol. The summed E-state index contributed by atoms with van der Waals surface area (Å²) >= 11 is 5.96. The topological polar surface area (TPSA) is 79.5 Å². The van der Waals surface area contributed by atoms with Crippen molar-refractivity contribution >= 4 is 34.2 Å². The van der Waals surface area contributed by atoms with Gasteiger partial charge in [-0.2, -0.15) is 4.39 Å². The Labute approximate surface area is 194 Å². The van der Waals surface area contributed by atoms with Crippen molar-refractivity contribution < 1.29 is 18.7 Å². The highest BCUT2D eigenvalue weighted by atomic mass is 35.5. The lowest BCUT2D eigenvalue weighted by atomic mass is 9.98. The number of anilines is 1. The van der Waals surface area contributed by atoms with Crippen LogP contribution in [0.2, 0.25) is 5.02 Å². The molecule has 7 heteroatoms. The van der Waals surface area contributed by atoms with Crippen LogP contribution in [0.1, 0.15) is 40.0 Å². The van der Waals surface area contributed by atoms with Crippen LogP contribution in [0.4, 0.5) is 10.1 Å². The Hall–Kier alpha value is -3.82. The second-order valence-corrected chi connectivity index (χ2v) is 8.24. The molecule has 0 fully saturated rings. The van der Waals surface area contributed by atoms with Gasteiger partial charge in [-0.15, -0.1) is 0 Å². The van der Waals surface area contributed by atoms with Crippen LogP contribution in [0, 0.1) is 31.8 Å². The first-order chi connectivity index (χ1) is 15.7. The van der Waals surface area contributed by atoms with Crippen molar-refractivity contribution in [2.24, 2.45) is 0 Å². The number of aryl methyl sites for hydroxylation is 1. The number of hydrogen-bond acceptors (Lipinski definition) is 4. The maximum absolute atomic E-state index is 14.4. The number of carboxylic acids is 1. The molecule has 0 saturated heterocycles. The summed E-state index contributed by atoms with van der Waals surface area (Å²) in [6, 6.07) is 15.5. The first-order valence-electron chi connectivity index (χ1n) is 10.1. The summed E-state index contributed by atoms with van der Waals surface area (Å²) in [4.78, 5) is 24.9. The number of halogens is 2. The van der Waals surface area contributed by atoms with Crippen LogP contribution in [-0.4, -0.2) is 11.1 Å². The largest absolute Gasteiger partial charge is 0.478 e. The molecule has 1 aromatic heterocycles. The SMILES string of the molecule is Cc1cc(C(C)Nc2ccc(Cl)cc2C(=O)O)c2oc(-c3ccc#cc3F)c(C)c(=O)c2c1. The van der Waals surface area contributed by atoms with Gasteiger partial charge in [-0.25, -0.2) is 4.79 Å². The van der Waals surface area contributed by atoms with Gasteiger partial charge in [-0.3, -0.25) is 4.79 Å². The number of nitrogens with one attached hydrogen (secondary N) is 1. The van der Waals surface area contributed by atoms with Crippen LogP contribution in [0.5, 0.6) is 0 Å². The van der Waals surface area contributed by atoms with Gasteiger partial charge >= 0.3 is 5.97 Å². The van der Waals surface area contributed by atoms with Crippen LogP contribution < -0.4 is 10.7 Å². The Morgan fingerprint density at radius 2 is 1.97 bits per heavy atom. The lowest BCUT2D eigenvalue weighted by molar-refractivity contribution is 0.0698. The normalized spacial score (nSPS) is 11.8. The molecule has 3 aromatic carbocycles. The summed E-state index contributed by atoms with van der Waals surface area (Å²) < 4.78 is 20.6. The fraction of sp³-hybridized carbons (Fsp3) is 0.154. The van der Waals surface area contributed by atoms with Gasteiger partial charge in [0.05, 0.1) is 22.6 Å². The van der Waals surface area contributed by atoms with E-state index < -0.39 is 17.8 Å². The van der Waals surface area contributed by atoms with Crippen molar-refractivity contribution in [1.82, 2.24) is 0 Å². The summed E-state index contributed by atoms with van der Waals surface area (Å²) in [5.41, 5.74) is 2.26. The van der Waals surface area contributed by atoms with Crippen molar-refractivity contribution in [3.63, 3.8) is 0 Å². The molecule has 166 valence electrons. The van der Waals surface area contributed by atoms with Crippen molar-refractivity contribution in [2.75, 3.05) is 5.32 Å². The zero-order chi connectivity index (χ0) is 23.9. The predicted molar refractivity (Wildman–Crippen MR) is 125 cm³/mol. The van der Waals surface area contributed by atoms with E-state index in [0.717, 1.165) is 5.56 Å². The van der Waals surface area contributed by atoms with Gasteiger partial charge < -0.3 is 14.8 Å². The zero-order valence-electron chi connectivity index (χ0n) is 18.0. The highest BCUT2D eigenvalue weighted by Gasteiger charge is 2.21. The zero-order valence-corrected chi connectivity index (χ0v) is 18.8. The minimum atomic E-state index is -1.13. The van der Waals surface area contributed by atoms with Gasteiger partial charge in [0.25, 0.3) is 0 Å². The van der Waals surface area contributed by atoms with Crippen LogP contribution in [-0.2, 0) is 0 Å². The minimum absolute atomic E-state index is 0.0161. The molecular formula is C26H19ClFNO4. The molecule has 0 aliphatic rings. The molecule has 0 saturated carbocycles. The number of hydrogen-bond donors (Lipinski definition) is 2. The Morgan fingerprint density at radius 1 is 1.21 bits per heavy atom. The molecule has 0 radical (unpaired) electrons. The van der Waals surface area contributed by atoms with E-state index in [-0.39, 0.29) is 27.9 Å². The van der Waals surface area contributed by atoms with Gasteiger partial charge in [0, 0.05) is 21.8 Å². The van der Waals surface area contributed by atoms with E-state index >= 15 is 0 Å². The average molecular weight is 464 g/mol.